The molecule has 1 fully saturated rings. The molecule has 0 radical (unpaired) electrons. The summed E-state index contributed by atoms with van der Waals surface area (Å²) in [6, 6.07) is 9.94. The van der Waals surface area contributed by atoms with E-state index in [0.29, 0.717) is 43.4 Å². The number of amides is 2. The minimum absolute atomic E-state index is 0.0208. The van der Waals surface area contributed by atoms with Crippen LogP contribution in [0.4, 0.5) is 15.8 Å². The minimum Gasteiger partial charge on any atom is -0.494 e. The topological polar surface area (TPSA) is 83.8 Å². The standard InChI is InChI=1S/C28H32ClFN6O3/c1-5-19(2)16-35(22-6-8-24(30)23(29)14-22)28(38)17-34-13-12-33(11-10-27(34)37)21-7-9-25(26(15-21)39-4)36-18-31-20(3)32-36/h5-9,14-15,18-19H,1,10-13,16-17H2,2-4H3. The lowest BCUT2D eigenvalue weighted by Crippen LogP contribution is -2.45. The van der Waals surface area contributed by atoms with Crippen molar-refractivity contribution in [2.24, 2.45) is 5.92 Å². The Balaban J connectivity index is 1.49. The molecule has 0 saturated carbocycles. The van der Waals surface area contributed by atoms with E-state index in [0.717, 1.165) is 11.4 Å². The maximum Gasteiger partial charge on any atom is 0.246 e. The summed E-state index contributed by atoms with van der Waals surface area (Å²) in [5.41, 5.74) is 2.13. The molecule has 2 aromatic carbocycles. The van der Waals surface area contributed by atoms with Gasteiger partial charge in [0.15, 0.2) is 0 Å². The van der Waals surface area contributed by atoms with Gasteiger partial charge in [-0.3, -0.25) is 9.59 Å². The van der Waals surface area contributed by atoms with Gasteiger partial charge in [0.25, 0.3) is 0 Å². The average Bonchev–Trinajstić information content (AvgIpc) is 3.28. The van der Waals surface area contributed by atoms with Crippen molar-refractivity contribution in [1.29, 1.82) is 0 Å². The van der Waals surface area contributed by atoms with Crippen LogP contribution >= 0.6 is 11.6 Å². The molecule has 1 unspecified atom stereocenters. The molecule has 0 spiro atoms. The zero-order valence-corrected chi connectivity index (χ0v) is 23.1. The Morgan fingerprint density at radius 2 is 2.05 bits per heavy atom. The maximum absolute atomic E-state index is 13.8. The Labute approximate surface area is 232 Å². The molecule has 2 heterocycles. The third-order valence-corrected chi connectivity index (χ3v) is 6.97. The van der Waals surface area contributed by atoms with Crippen molar-refractivity contribution < 1.29 is 18.7 Å². The van der Waals surface area contributed by atoms with E-state index < -0.39 is 5.82 Å². The number of aryl methyl sites for hydroxylation is 1. The zero-order valence-electron chi connectivity index (χ0n) is 22.3. The summed E-state index contributed by atoms with van der Waals surface area (Å²) in [5.74, 6) is 0.316. The SMILES string of the molecule is C=CC(C)CN(C(=O)CN1CCN(c2ccc(-n3cnc(C)n3)c(OC)c2)CCC1=O)c1ccc(F)c(Cl)c1. The van der Waals surface area contributed by atoms with Gasteiger partial charge in [0, 0.05) is 50.0 Å². The molecule has 1 saturated heterocycles. The lowest BCUT2D eigenvalue weighted by molar-refractivity contribution is -0.134. The number of hydrogen-bond acceptors (Lipinski definition) is 6. The number of halogens is 2. The van der Waals surface area contributed by atoms with Gasteiger partial charge in [-0.05, 0) is 43.2 Å². The predicted octanol–water partition coefficient (Wildman–Crippen LogP) is 4.27. The second-order valence-corrected chi connectivity index (χ2v) is 9.87. The van der Waals surface area contributed by atoms with E-state index in [9.17, 15) is 14.0 Å². The fourth-order valence-electron chi connectivity index (χ4n) is 4.42. The summed E-state index contributed by atoms with van der Waals surface area (Å²) in [7, 11) is 1.60. The van der Waals surface area contributed by atoms with E-state index in [4.69, 9.17) is 16.3 Å². The van der Waals surface area contributed by atoms with E-state index in [1.807, 2.05) is 32.0 Å². The van der Waals surface area contributed by atoms with Gasteiger partial charge in [-0.2, -0.15) is 5.10 Å². The second kappa shape index (κ2) is 12.3. The van der Waals surface area contributed by atoms with Gasteiger partial charge in [-0.15, -0.1) is 6.58 Å². The highest BCUT2D eigenvalue weighted by Crippen LogP contribution is 2.29. The number of rotatable bonds is 9. The van der Waals surface area contributed by atoms with Crippen molar-refractivity contribution in [1.82, 2.24) is 19.7 Å². The molecule has 11 heteroatoms. The second-order valence-electron chi connectivity index (χ2n) is 9.46. The lowest BCUT2D eigenvalue weighted by Gasteiger charge is -2.29. The van der Waals surface area contributed by atoms with Crippen LogP contribution in [-0.2, 0) is 9.59 Å². The van der Waals surface area contributed by atoms with Crippen molar-refractivity contribution >= 4 is 34.8 Å². The molecule has 206 valence electrons. The third-order valence-electron chi connectivity index (χ3n) is 6.68. The third kappa shape index (κ3) is 6.57. The number of carbonyl (C=O) groups excluding carboxylic acids is 2. The van der Waals surface area contributed by atoms with Gasteiger partial charge in [0.05, 0.1) is 12.1 Å². The first-order valence-corrected chi connectivity index (χ1v) is 13.0. The molecule has 0 bridgehead atoms. The van der Waals surface area contributed by atoms with Gasteiger partial charge in [-0.25, -0.2) is 14.1 Å². The Morgan fingerprint density at radius 3 is 2.72 bits per heavy atom. The minimum atomic E-state index is -0.562. The fraction of sp³-hybridized carbons (Fsp3) is 0.357. The largest absolute Gasteiger partial charge is 0.494 e. The molecule has 9 nitrogen and oxygen atoms in total. The van der Waals surface area contributed by atoms with Crippen molar-refractivity contribution in [2.75, 3.05) is 49.6 Å². The molecule has 1 atom stereocenters. The Morgan fingerprint density at radius 1 is 1.26 bits per heavy atom. The Kier molecular flexibility index (Phi) is 8.86. The van der Waals surface area contributed by atoms with Gasteiger partial charge < -0.3 is 19.4 Å². The van der Waals surface area contributed by atoms with Gasteiger partial charge in [0.2, 0.25) is 11.8 Å². The van der Waals surface area contributed by atoms with E-state index in [1.165, 1.54) is 23.1 Å². The molecule has 1 aliphatic rings. The Hall–Kier alpha value is -3.92. The van der Waals surface area contributed by atoms with Crippen LogP contribution in [0, 0.1) is 18.7 Å². The highest BCUT2D eigenvalue weighted by atomic mass is 35.5. The molecule has 2 amide bonds. The van der Waals surface area contributed by atoms with Crippen molar-refractivity contribution in [2.45, 2.75) is 20.3 Å². The first-order chi connectivity index (χ1) is 18.7. The van der Waals surface area contributed by atoms with Crippen LogP contribution in [0.5, 0.6) is 5.75 Å². The number of methoxy groups -OCH3 is 1. The number of carbonyl (C=O) groups is 2. The number of aromatic nitrogens is 3. The van der Waals surface area contributed by atoms with Gasteiger partial charge in [0.1, 0.15) is 36.0 Å². The van der Waals surface area contributed by atoms with E-state index in [2.05, 4.69) is 21.6 Å². The number of benzene rings is 2. The maximum atomic E-state index is 13.8. The molecular weight excluding hydrogens is 523 g/mol. The number of anilines is 2. The molecule has 1 aromatic heterocycles. The van der Waals surface area contributed by atoms with Crippen LogP contribution in [0.15, 0.2) is 55.4 Å². The first kappa shape index (κ1) is 28.1. The normalized spacial score (nSPS) is 14.6. The van der Waals surface area contributed by atoms with Crippen LogP contribution in [0.2, 0.25) is 5.02 Å². The van der Waals surface area contributed by atoms with Gasteiger partial charge >= 0.3 is 0 Å². The van der Waals surface area contributed by atoms with Crippen LogP contribution in [0.25, 0.3) is 5.69 Å². The summed E-state index contributed by atoms with van der Waals surface area (Å²) >= 11 is 5.99. The number of nitrogens with zero attached hydrogens (tertiary/aromatic N) is 6. The summed E-state index contributed by atoms with van der Waals surface area (Å²) < 4.78 is 21.0. The average molecular weight is 555 g/mol. The zero-order chi connectivity index (χ0) is 28.1. The molecule has 3 aromatic rings. The van der Waals surface area contributed by atoms with Gasteiger partial charge in [-0.1, -0.05) is 24.6 Å². The summed E-state index contributed by atoms with van der Waals surface area (Å²) in [6.07, 6.45) is 3.63. The van der Waals surface area contributed by atoms with Crippen molar-refractivity contribution in [3.8, 4) is 11.4 Å². The molecule has 0 N–H and O–H groups in total. The van der Waals surface area contributed by atoms with Crippen LogP contribution in [-0.4, -0.2) is 71.3 Å². The molecule has 39 heavy (non-hydrogen) atoms. The van der Waals surface area contributed by atoms with E-state index in [-0.39, 0.29) is 35.7 Å². The molecule has 1 aliphatic heterocycles. The van der Waals surface area contributed by atoms with Crippen LogP contribution in [0.3, 0.4) is 0 Å². The first-order valence-electron chi connectivity index (χ1n) is 12.7. The highest BCUT2D eigenvalue weighted by Gasteiger charge is 2.27. The quantitative estimate of drug-likeness (QED) is 0.367. The summed E-state index contributed by atoms with van der Waals surface area (Å²) in [4.78, 5) is 35.8. The number of ether oxygens (including phenoxy) is 1. The fourth-order valence-corrected chi connectivity index (χ4v) is 4.60. The number of hydrogen-bond donors (Lipinski definition) is 0. The lowest BCUT2D eigenvalue weighted by atomic mass is 10.1. The molecule has 4 rings (SSSR count). The summed E-state index contributed by atoms with van der Waals surface area (Å²) in [5, 5.41) is 4.28. The predicted molar refractivity (Wildman–Crippen MR) is 149 cm³/mol. The van der Waals surface area contributed by atoms with Crippen molar-refractivity contribution in [3.63, 3.8) is 0 Å². The smallest absolute Gasteiger partial charge is 0.246 e. The summed E-state index contributed by atoms with van der Waals surface area (Å²) in [6.45, 7) is 9.18. The van der Waals surface area contributed by atoms with Crippen LogP contribution < -0.4 is 14.5 Å². The van der Waals surface area contributed by atoms with E-state index in [1.54, 1.807) is 29.1 Å². The Bertz CT molecular complexity index is 1360. The highest BCUT2D eigenvalue weighted by molar-refractivity contribution is 6.31. The van der Waals surface area contributed by atoms with Crippen LogP contribution in [0.1, 0.15) is 19.2 Å². The monoisotopic (exact) mass is 554 g/mol. The molecule has 0 aliphatic carbocycles. The molecular formula is C28H32ClFN6O3. The van der Waals surface area contributed by atoms with E-state index >= 15 is 0 Å². The van der Waals surface area contributed by atoms with Crippen molar-refractivity contribution in [3.05, 3.63) is 72.0 Å².